The lowest BCUT2D eigenvalue weighted by atomic mass is 10.0. The third-order valence-electron chi connectivity index (χ3n) is 2.49. The first-order valence-electron chi connectivity index (χ1n) is 5.62. The van der Waals surface area contributed by atoms with Crippen molar-refractivity contribution in [1.29, 1.82) is 0 Å². The van der Waals surface area contributed by atoms with E-state index in [1.54, 1.807) is 0 Å². The van der Waals surface area contributed by atoms with Gasteiger partial charge in [-0.05, 0) is 37.1 Å². The second-order valence-electron chi connectivity index (χ2n) is 3.94. The van der Waals surface area contributed by atoms with Crippen molar-refractivity contribution in [2.45, 2.75) is 32.7 Å². The van der Waals surface area contributed by atoms with E-state index in [1.165, 1.54) is 5.56 Å². The van der Waals surface area contributed by atoms with E-state index >= 15 is 0 Å². The fourth-order valence-electron chi connectivity index (χ4n) is 1.64. The molecule has 1 atom stereocenters. The molecule has 1 rings (SSSR count). The first-order chi connectivity index (χ1) is 7.69. The fourth-order valence-corrected chi connectivity index (χ4v) is 2.01. The van der Waals surface area contributed by atoms with Crippen molar-refractivity contribution in [2.24, 2.45) is 0 Å². The van der Waals surface area contributed by atoms with Crippen LogP contribution in [0.5, 0.6) is 0 Å². The molecule has 1 unspecified atom stereocenters. The van der Waals surface area contributed by atoms with E-state index in [4.69, 9.17) is 18.0 Å². The number of nitrogens with one attached hydrogen (secondary N) is 1. The molecule has 0 fully saturated rings. The van der Waals surface area contributed by atoms with Gasteiger partial charge >= 0.3 is 0 Å². The number of terminal acetylenes is 1. The molecule has 2 heteroatoms. The Kier molecular flexibility index (Phi) is 5.38. The molecule has 0 aliphatic rings. The largest absolute Gasteiger partial charge is 0.309 e. The fraction of sp³-hybridized carbons (Fsp3) is 0.429. The van der Waals surface area contributed by atoms with E-state index in [0.29, 0.717) is 6.42 Å². The predicted molar refractivity (Wildman–Crippen MR) is 70.7 cm³/mol. The first kappa shape index (κ1) is 13.1. The number of hydrogen-bond acceptors (Lipinski definition) is 1. The van der Waals surface area contributed by atoms with Crippen LogP contribution in [-0.4, -0.2) is 6.54 Å². The summed E-state index contributed by atoms with van der Waals surface area (Å²) < 4.78 is 0. The molecule has 0 aliphatic heterocycles. The van der Waals surface area contributed by atoms with Crippen molar-refractivity contribution >= 4 is 11.6 Å². The Morgan fingerprint density at radius 2 is 2.25 bits per heavy atom. The van der Waals surface area contributed by atoms with Gasteiger partial charge in [0, 0.05) is 17.5 Å². The van der Waals surface area contributed by atoms with Crippen molar-refractivity contribution in [1.82, 2.24) is 5.32 Å². The molecule has 0 heterocycles. The molecule has 0 aliphatic carbocycles. The third-order valence-corrected chi connectivity index (χ3v) is 2.82. The molecular formula is C14H18ClN. The smallest absolute Gasteiger partial charge is 0.0456 e. The van der Waals surface area contributed by atoms with Gasteiger partial charge in [0.05, 0.1) is 0 Å². The minimum atomic E-state index is 0.165. The maximum absolute atomic E-state index is 6.23. The maximum Gasteiger partial charge on any atom is 0.0456 e. The maximum atomic E-state index is 6.23. The molecule has 1 nitrogen and oxygen atoms in total. The zero-order valence-corrected chi connectivity index (χ0v) is 10.6. The number of benzene rings is 1. The molecule has 86 valence electrons. The summed E-state index contributed by atoms with van der Waals surface area (Å²) in [5.41, 5.74) is 2.27. The Morgan fingerprint density at radius 3 is 2.81 bits per heavy atom. The average molecular weight is 236 g/mol. The normalized spacial score (nSPS) is 12.1. The summed E-state index contributed by atoms with van der Waals surface area (Å²) in [6.45, 7) is 5.12. The topological polar surface area (TPSA) is 12.0 Å². The summed E-state index contributed by atoms with van der Waals surface area (Å²) in [5, 5.41) is 4.22. The third kappa shape index (κ3) is 3.56. The zero-order valence-electron chi connectivity index (χ0n) is 9.89. The minimum absolute atomic E-state index is 0.165. The van der Waals surface area contributed by atoms with E-state index < -0.39 is 0 Å². The van der Waals surface area contributed by atoms with Gasteiger partial charge in [0.2, 0.25) is 0 Å². The second-order valence-corrected chi connectivity index (χ2v) is 4.35. The molecule has 1 aromatic rings. The molecule has 0 saturated heterocycles. The van der Waals surface area contributed by atoms with E-state index in [0.717, 1.165) is 23.6 Å². The van der Waals surface area contributed by atoms with Crippen LogP contribution in [0.4, 0.5) is 0 Å². The summed E-state index contributed by atoms with van der Waals surface area (Å²) in [7, 11) is 0. The highest BCUT2D eigenvalue weighted by Crippen LogP contribution is 2.26. The van der Waals surface area contributed by atoms with Crippen LogP contribution in [-0.2, 0) is 0 Å². The lowest BCUT2D eigenvalue weighted by Gasteiger charge is -2.18. The second kappa shape index (κ2) is 6.58. The zero-order chi connectivity index (χ0) is 12.0. The Hall–Kier alpha value is -0.970. The quantitative estimate of drug-likeness (QED) is 0.768. The van der Waals surface area contributed by atoms with Crippen LogP contribution in [0.1, 0.15) is 36.9 Å². The minimum Gasteiger partial charge on any atom is -0.309 e. The molecular weight excluding hydrogens is 218 g/mol. The van der Waals surface area contributed by atoms with E-state index in [1.807, 2.05) is 13.0 Å². The monoisotopic (exact) mass is 235 g/mol. The van der Waals surface area contributed by atoms with E-state index in [2.05, 4.69) is 30.3 Å². The van der Waals surface area contributed by atoms with Gasteiger partial charge in [-0.3, -0.25) is 0 Å². The van der Waals surface area contributed by atoms with Crippen LogP contribution < -0.4 is 5.32 Å². The highest BCUT2D eigenvalue weighted by Gasteiger charge is 2.12. The van der Waals surface area contributed by atoms with Gasteiger partial charge in [0.25, 0.3) is 0 Å². The number of halogens is 1. The summed E-state index contributed by atoms with van der Waals surface area (Å²) in [6, 6.07) is 6.27. The van der Waals surface area contributed by atoms with Gasteiger partial charge < -0.3 is 5.32 Å². The molecule has 16 heavy (non-hydrogen) atoms. The van der Waals surface area contributed by atoms with Crippen LogP contribution in [0, 0.1) is 19.3 Å². The Labute approximate surface area is 103 Å². The van der Waals surface area contributed by atoms with Crippen molar-refractivity contribution in [2.75, 3.05) is 6.54 Å². The summed E-state index contributed by atoms with van der Waals surface area (Å²) in [6.07, 6.45) is 7.14. The lowest BCUT2D eigenvalue weighted by Crippen LogP contribution is -2.22. The van der Waals surface area contributed by atoms with Crippen molar-refractivity contribution in [3.05, 3.63) is 34.3 Å². The van der Waals surface area contributed by atoms with Gasteiger partial charge in [-0.25, -0.2) is 0 Å². The number of hydrogen-bond donors (Lipinski definition) is 1. The van der Waals surface area contributed by atoms with Gasteiger partial charge in [-0.1, -0.05) is 30.7 Å². The number of aryl methyl sites for hydroxylation is 1. The van der Waals surface area contributed by atoms with E-state index in [-0.39, 0.29) is 6.04 Å². The summed E-state index contributed by atoms with van der Waals surface area (Å²) in [4.78, 5) is 0. The standard InChI is InChI=1S/C14H18ClN/c1-4-6-14(16-9-5-2)12-8-7-11(3)10-13(12)15/h1,7-8,10,14,16H,5-6,9H2,2-3H3. The van der Waals surface area contributed by atoms with Crippen molar-refractivity contribution < 1.29 is 0 Å². The first-order valence-corrected chi connectivity index (χ1v) is 5.99. The Morgan fingerprint density at radius 1 is 1.50 bits per heavy atom. The van der Waals surface area contributed by atoms with Gasteiger partial charge in [0.15, 0.2) is 0 Å². The average Bonchev–Trinajstić information content (AvgIpc) is 2.25. The molecule has 1 N–H and O–H groups in total. The highest BCUT2D eigenvalue weighted by molar-refractivity contribution is 6.31. The van der Waals surface area contributed by atoms with Crippen LogP contribution in [0.2, 0.25) is 5.02 Å². The Balaban J connectivity index is 2.88. The van der Waals surface area contributed by atoms with Gasteiger partial charge in [-0.2, -0.15) is 0 Å². The van der Waals surface area contributed by atoms with Crippen LogP contribution >= 0.6 is 11.6 Å². The van der Waals surface area contributed by atoms with Gasteiger partial charge in [0.1, 0.15) is 0 Å². The molecule has 1 aromatic carbocycles. The molecule has 0 bridgehead atoms. The molecule has 0 spiro atoms. The highest BCUT2D eigenvalue weighted by atomic mass is 35.5. The van der Waals surface area contributed by atoms with Gasteiger partial charge in [-0.15, -0.1) is 12.3 Å². The van der Waals surface area contributed by atoms with Crippen LogP contribution in [0.3, 0.4) is 0 Å². The molecule has 0 amide bonds. The molecule has 0 aromatic heterocycles. The summed E-state index contributed by atoms with van der Waals surface area (Å²) >= 11 is 6.23. The van der Waals surface area contributed by atoms with Crippen LogP contribution in [0.15, 0.2) is 18.2 Å². The summed E-state index contributed by atoms with van der Waals surface area (Å²) in [5.74, 6) is 2.70. The van der Waals surface area contributed by atoms with E-state index in [9.17, 15) is 0 Å². The number of rotatable bonds is 5. The predicted octanol–water partition coefficient (Wildman–Crippen LogP) is 3.71. The van der Waals surface area contributed by atoms with Crippen LogP contribution in [0.25, 0.3) is 0 Å². The SMILES string of the molecule is C#CCC(NCCC)c1ccc(C)cc1Cl. The Bertz CT molecular complexity index is 379. The molecule has 0 saturated carbocycles. The molecule has 0 radical (unpaired) electrons. The van der Waals surface area contributed by atoms with Crippen molar-refractivity contribution in [3.8, 4) is 12.3 Å². The lowest BCUT2D eigenvalue weighted by molar-refractivity contribution is 0.543. The van der Waals surface area contributed by atoms with Crippen molar-refractivity contribution in [3.63, 3.8) is 0 Å².